The van der Waals surface area contributed by atoms with E-state index in [1.54, 1.807) is 10.8 Å². The molecule has 0 saturated carbocycles. The highest BCUT2D eigenvalue weighted by molar-refractivity contribution is 8.76. The molecule has 0 aliphatic heterocycles. The lowest BCUT2D eigenvalue weighted by Crippen LogP contribution is -2.20. The fraction of sp³-hybridized carbons (Fsp3) is 0.882. The molecule has 0 bridgehead atoms. The Balaban J connectivity index is 3.50. The molecule has 0 aliphatic rings. The number of hydrogen-bond donors (Lipinski definition) is 1. The van der Waals surface area contributed by atoms with Gasteiger partial charge < -0.3 is 0 Å². The van der Waals surface area contributed by atoms with Gasteiger partial charge in [0, 0.05) is 35.0 Å². The molecule has 0 unspecified atom stereocenters. The number of carbonyl (C=O) groups is 2. The van der Waals surface area contributed by atoms with Crippen LogP contribution in [0.4, 0.5) is 0 Å². The first kappa shape index (κ1) is 21.8. The molecule has 0 rings (SSSR count). The van der Waals surface area contributed by atoms with E-state index in [0.29, 0.717) is 18.3 Å². The van der Waals surface area contributed by atoms with E-state index in [4.69, 9.17) is 0 Å². The largest absolute Gasteiger partial charge is 0.299 e. The monoisotopic (exact) mass is 347 g/mol. The molecule has 0 radical (unpaired) electrons. The zero-order chi connectivity index (χ0) is 17.2. The zero-order valence-electron chi connectivity index (χ0n) is 15.1. The van der Waals surface area contributed by atoms with Crippen LogP contribution >= 0.6 is 21.8 Å². The van der Waals surface area contributed by atoms with Crippen molar-refractivity contribution in [3.63, 3.8) is 0 Å². The van der Waals surface area contributed by atoms with Gasteiger partial charge in [0.25, 0.3) is 0 Å². The summed E-state index contributed by atoms with van der Waals surface area (Å²) < 4.78 is 2.85. The van der Waals surface area contributed by atoms with Crippen molar-refractivity contribution < 1.29 is 9.59 Å². The standard InChI is InChI=1S/C17H33NO2S2/c1-16(2,3)12-9-13-21-22-18-15(20)11-8-7-10-14(19)17(4,5)6/h7-13H2,1-6H3,(H,18,20). The number of unbranched alkanes of at least 4 members (excludes halogenated alkanes) is 1. The topological polar surface area (TPSA) is 46.2 Å². The van der Waals surface area contributed by atoms with Crippen molar-refractivity contribution in [1.29, 1.82) is 0 Å². The summed E-state index contributed by atoms with van der Waals surface area (Å²) in [6, 6.07) is 0. The van der Waals surface area contributed by atoms with Crippen LogP contribution in [0.25, 0.3) is 0 Å². The van der Waals surface area contributed by atoms with Gasteiger partial charge in [0.15, 0.2) is 0 Å². The summed E-state index contributed by atoms with van der Waals surface area (Å²) >= 11 is 0. The summed E-state index contributed by atoms with van der Waals surface area (Å²) in [7, 11) is 3.13. The van der Waals surface area contributed by atoms with E-state index in [0.717, 1.165) is 18.6 Å². The second-order valence-electron chi connectivity index (χ2n) is 7.98. The Bertz CT molecular complexity index is 344. The Labute approximate surface area is 144 Å². The lowest BCUT2D eigenvalue weighted by molar-refractivity contribution is -0.126. The quantitative estimate of drug-likeness (QED) is 0.326. The van der Waals surface area contributed by atoms with Crippen LogP contribution in [0.1, 0.15) is 80.1 Å². The van der Waals surface area contributed by atoms with Gasteiger partial charge in [-0.1, -0.05) is 52.3 Å². The van der Waals surface area contributed by atoms with Gasteiger partial charge in [-0.2, -0.15) is 0 Å². The molecule has 22 heavy (non-hydrogen) atoms. The highest BCUT2D eigenvalue weighted by Gasteiger charge is 2.20. The molecule has 1 amide bonds. The van der Waals surface area contributed by atoms with Crippen LogP contribution in [0.2, 0.25) is 0 Å². The molecule has 0 aliphatic carbocycles. The number of nitrogens with one attached hydrogen (secondary N) is 1. The maximum Gasteiger partial charge on any atom is 0.230 e. The minimum Gasteiger partial charge on any atom is -0.299 e. The smallest absolute Gasteiger partial charge is 0.230 e. The van der Waals surface area contributed by atoms with Gasteiger partial charge in [-0.3, -0.25) is 14.3 Å². The minimum atomic E-state index is -0.262. The zero-order valence-corrected chi connectivity index (χ0v) is 16.7. The van der Waals surface area contributed by atoms with Gasteiger partial charge in [-0.15, -0.1) is 0 Å². The van der Waals surface area contributed by atoms with Gasteiger partial charge in [0.05, 0.1) is 0 Å². The summed E-state index contributed by atoms with van der Waals surface area (Å²) in [5, 5.41) is 0. The van der Waals surface area contributed by atoms with E-state index >= 15 is 0 Å². The third-order valence-corrected chi connectivity index (χ3v) is 5.25. The molecule has 130 valence electrons. The Morgan fingerprint density at radius 3 is 2.05 bits per heavy atom. The minimum absolute atomic E-state index is 0.0662. The molecule has 3 nitrogen and oxygen atoms in total. The normalized spacial score (nSPS) is 12.3. The SMILES string of the molecule is CC(C)(C)CCCSSNC(=O)CCCCC(=O)C(C)(C)C. The maximum atomic E-state index is 11.7. The van der Waals surface area contributed by atoms with Crippen molar-refractivity contribution in [3.8, 4) is 0 Å². The number of Topliss-reactive ketones (excluding diaryl/α,β-unsaturated/α-hetero) is 1. The molecular weight excluding hydrogens is 314 g/mol. The molecular formula is C17H33NO2S2. The predicted molar refractivity (Wildman–Crippen MR) is 99.8 cm³/mol. The van der Waals surface area contributed by atoms with Crippen molar-refractivity contribution in [2.24, 2.45) is 10.8 Å². The van der Waals surface area contributed by atoms with Crippen LogP contribution in [-0.2, 0) is 9.59 Å². The summed E-state index contributed by atoms with van der Waals surface area (Å²) in [4.78, 5) is 23.4. The Morgan fingerprint density at radius 2 is 1.50 bits per heavy atom. The number of hydrogen-bond acceptors (Lipinski definition) is 4. The molecule has 0 aromatic carbocycles. The van der Waals surface area contributed by atoms with Gasteiger partial charge in [0.1, 0.15) is 5.78 Å². The van der Waals surface area contributed by atoms with E-state index in [1.165, 1.54) is 23.8 Å². The maximum absolute atomic E-state index is 11.7. The van der Waals surface area contributed by atoms with Crippen molar-refractivity contribution >= 4 is 33.5 Å². The van der Waals surface area contributed by atoms with E-state index in [2.05, 4.69) is 25.5 Å². The van der Waals surface area contributed by atoms with Crippen LogP contribution < -0.4 is 4.72 Å². The first-order chi connectivity index (χ1) is 10.0. The lowest BCUT2D eigenvalue weighted by atomic mass is 9.88. The molecule has 0 fully saturated rings. The predicted octanol–water partition coefficient (Wildman–Crippen LogP) is 5.40. The van der Waals surface area contributed by atoms with Crippen LogP contribution in [0.3, 0.4) is 0 Å². The molecule has 0 saturated heterocycles. The molecule has 1 N–H and O–H groups in total. The summed E-state index contributed by atoms with van der Waals surface area (Å²) in [5.74, 6) is 1.40. The number of rotatable bonds is 10. The Kier molecular flexibility index (Phi) is 10.5. The van der Waals surface area contributed by atoms with Crippen molar-refractivity contribution in [2.45, 2.75) is 80.1 Å². The highest BCUT2D eigenvalue weighted by Crippen LogP contribution is 2.25. The van der Waals surface area contributed by atoms with E-state index in [9.17, 15) is 9.59 Å². The third kappa shape index (κ3) is 13.5. The van der Waals surface area contributed by atoms with Crippen LogP contribution in [0, 0.1) is 10.8 Å². The van der Waals surface area contributed by atoms with Gasteiger partial charge in [-0.25, -0.2) is 0 Å². The van der Waals surface area contributed by atoms with Gasteiger partial charge in [-0.05, 0) is 31.1 Å². The van der Waals surface area contributed by atoms with E-state index in [-0.39, 0.29) is 17.1 Å². The lowest BCUT2D eigenvalue weighted by Gasteiger charge is -2.17. The average Bonchev–Trinajstić information content (AvgIpc) is 2.36. The number of carbonyl (C=O) groups excluding carboxylic acids is 2. The molecule has 0 heterocycles. The third-order valence-electron chi connectivity index (χ3n) is 3.26. The molecule has 5 heteroatoms. The molecule has 0 aromatic heterocycles. The second-order valence-corrected chi connectivity index (χ2v) is 10.2. The average molecular weight is 348 g/mol. The Hall–Kier alpha value is -0.160. The molecule has 0 atom stereocenters. The summed E-state index contributed by atoms with van der Waals surface area (Å²) in [6.07, 6.45) is 5.04. The molecule has 0 spiro atoms. The van der Waals surface area contributed by atoms with E-state index in [1.807, 2.05) is 20.8 Å². The number of ketones is 1. The summed E-state index contributed by atoms with van der Waals surface area (Å²) in [5.41, 5.74) is 0.126. The van der Waals surface area contributed by atoms with E-state index < -0.39 is 0 Å². The molecule has 0 aromatic rings. The second kappa shape index (κ2) is 10.6. The van der Waals surface area contributed by atoms with Crippen LogP contribution in [0.15, 0.2) is 0 Å². The first-order valence-corrected chi connectivity index (χ1v) is 10.4. The van der Waals surface area contributed by atoms with Crippen molar-refractivity contribution in [3.05, 3.63) is 0 Å². The van der Waals surface area contributed by atoms with Crippen molar-refractivity contribution in [2.75, 3.05) is 5.75 Å². The fourth-order valence-corrected chi connectivity index (χ4v) is 3.43. The number of amides is 1. The highest BCUT2D eigenvalue weighted by atomic mass is 33.1. The van der Waals surface area contributed by atoms with Crippen LogP contribution in [0.5, 0.6) is 0 Å². The summed E-state index contributed by atoms with van der Waals surface area (Å²) in [6.45, 7) is 12.6. The van der Waals surface area contributed by atoms with Crippen LogP contribution in [-0.4, -0.2) is 17.4 Å². The first-order valence-electron chi connectivity index (χ1n) is 8.13. The Morgan fingerprint density at radius 1 is 0.909 bits per heavy atom. The fourth-order valence-electron chi connectivity index (χ4n) is 1.78. The van der Waals surface area contributed by atoms with Gasteiger partial charge in [0.2, 0.25) is 5.91 Å². The van der Waals surface area contributed by atoms with Gasteiger partial charge >= 0.3 is 0 Å². The van der Waals surface area contributed by atoms with Crippen molar-refractivity contribution in [1.82, 2.24) is 4.72 Å².